The molecule has 84 heavy (non-hydrogen) atoms. The molecule has 0 amide bonds. The summed E-state index contributed by atoms with van der Waals surface area (Å²) in [5.74, 6) is 0. The van der Waals surface area contributed by atoms with Gasteiger partial charge < -0.3 is 9.80 Å². The summed E-state index contributed by atoms with van der Waals surface area (Å²) in [5.41, 5.74) is 39.0. The van der Waals surface area contributed by atoms with Gasteiger partial charge in [0.05, 0.1) is 0 Å². The number of rotatable bonds is 11. The van der Waals surface area contributed by atoms with Crippen molar-refractivity contribution in [2.45, 2.75) is 144 Å². The number of fused-ring (bicyclic) bond motifs is 12. The largest absolute Gasteiger partial charge is 0.310 e. The first kappa shape index (κ1) is 53.8. The van der Waals surface area contributed by atoms with E-state index >= 15 is 0 Å². The topological polar surface area (TPSA) is 6.48 Å². The summed E-state index contributed by atoms with van der Waals surface area (Å²) in [5, 5.41) is 0. The third-order valence-corrected chi connectivity index (χ3v) is 20.8. The van der Waals surface area contributed by atoms with Crippen LogP contribution < -0.4 is 9.80 Å². The van der Waals surface area contributed by atoms with E-state index in [4.69, 9.17) is 0 Å². The van der Waals surface area contributed by atoms with E-state index in [1.807, 2.05) is 0 Å². The summed E-state index contributed by atoms with van der Waals surface area (Å²) >= 11 is 0. The molecule has 0 N–H and O–H groups in total. The third kappa shape index (κ3) is 7.95. The van der Waals surface area contributed by atoms with Gasteiger partial charge >= 0.3 is 0 Å². The van der Waals surface area contributed by atoms with E-state index in [2.05, 4.69) is 289 Å². The van der Waals surface area contributed by atoms with Gasteiger partial charge in [0, 0.05) is 55.8 Å². The summed E-state index contributed by atoms with van der Waals surface area (Å²) in [7, 11) is 0. The Morgan fingerprint density at radius 3 is 0.679 bits per heavy atom. The van der Waals surface area contributed by atoms with E-state index in [0.717, 1.165) is 25.7 Å². The second-order valence-electron chi connectivity index (χ2n) is 27.0. The van der Waals surface area contributed by atoms with Crippen molar-refractivity contribution < 1.29 is 0 Å². The van der Waals surface area contributed by atoms with Crippen molar-refractivity contribution in [2.24, 2.45) is 0 Å². The van der Waals surface area contributed by atoms with Crippen LogP contribution in [0.1, 0.15) is 161 Å². The lowest BCUT2D eigenvalue weighted by atomic mass is 9.81. The fraction of sp³-hybridized carbons (Fsp3) is 0.268. The summed E-state index contributed by atoms with van der Waals surface area (Å²) in [4.78, 5) is 5.08. The molecular formula is C82H80N2. The zero-order valence-electron chi connectivity index (χ0n) is 52.0. The number of aryl methyl sites for hydroxylation is 6. The maximum absolute atomic E-state index is 2.54. The molecule has 0 spiro atoms. The number of hydrogen-bond donors (Lipinski definition) is 0. The van der Waals surface area contributed by atoms with Gasteiger partial charge in [0.2, 0.25) is 0 Å². The highest BCUT2D eigenvalue weighted by molar-refractivity contribution is 5.92. The van der Waals surface area contributed by atoms with Crippen LogP contribution in [0.2, 0.25) is 0 Å². The van der Waals surface area contributed by atoms with E-state index in [0.29, 0.717) is 0 Å². The molecule has 0 bridgehead atoms. The van der Waals surface area contributed by atoms with Crippen LogP contribution in [0.4, 0.5) is 34.1 Å². The molecule has 14 rings (SSSR count). The summed E-state index contributed by atoms with van der Waals surface area (Å²) in [6.07, 6.45) is 4.12. The second kappa shape index (κ2) is 19.2. The average molecular weight is 1090 g/mol. The third-order valence-electron chi connectivity index (χ3n) is 20.8. The van der Waals surface area contributed by atoms with Crippen molar-refractivity contribution >= 4 is 34.1 Å². The molecule has 0 atom stereocenters. The first-order valence-corrected chi connectivity index (χ1v) is 31.2. The molecule has 418 valence electrons. The van der Waals surface area contributed by atoms with Gasteiger partial charge in [-0.05, 0) is 246 Å². The predicted molar refractivity (Wildman–Crippen MR) is 358 cm³/mol. The van der Waals surface area contributed by atoms with Gasteiger partial charge in [0.25, 0.3) is 0 Å². The van der Waals surface area contributed by atoms with Crippen molar-refractivity contribution in [3.8, 4) is 55.6 Å². The quantitative estimate of drug-likeness (QED) is 0.127. The zero-order chi connectivity index (χ0) is 58.5. The van der Waals surface area contributed by atoms with Gasteiger partial charge in [0.1, 0.15) is 0 Å². The maximum Gasteiger partial charge on any atom is 0.0491 e. The first-order chi connectivity index (χ1) is 40.3. The highest BCUT2D eigenvalue weighted by atomic mass is 15.2. The minimum atomic E-state index is -0.141. The SMILES string of the molecule is CCc1ccc2c(c1)C(C)(C)c1cc(N(c3ccc4c(c3)C(C)(C)c3cc(CC)ccc3-4)c3ccc(-c4ccc(N(c5ccc6c(c5)C(C)(C)c5cc(CC)ccc5-6)c5ccc6c(c5)C(C)(C)c5cc(CC)ccc5-6)c(C)c4)cc3C)ccc1-2. The Balaban J connectivity index is 0.875. The molecule has 0 radical (unpaired) electrons. The fourth-order valence-electron chi connectivity index (χ4n) is 15.6. The number of benzene rings is 10. The Labute approximate surface area is 500 Å². The number of nitrogens with zero attached hydrogens (tertiary/aromatic N) is 2. The summed E-state index contributed by atoms with van der Waals surface area (Å²) in [6, 6.07) is 71.8. The highest BCUT2D eigenvalue weighted by Gasteiger charge is 2.41. The van der Waals surface area contributed by atoms with Gasteiger partial charge in [-0.3, -0.25) is 0 Å². The Kier molecular flexibility index (Phi) is 12.3. The lowest BCUT2D eigenvalue weighted by molar-refractivity contribution is 0.658. The van der Waals surface area contributed by atoms with Crippen LogP contribution in [0.3, 0.4) is 0 Å². The van der Waals surface area contributed by atoms with Gasteiger partial charge in [-0.1, -0.05) is 192 Å². The molecular weight excluding hydrogens is 1010 g/mol. The molecule has 0 unspecified atom stereocenters. The molecule has 2 nitrogen and oxygen atoms in total. The Morgan fingerprint density at radius 1 is 0.250 bits per heavy atom. The van der Waals surface area contributed by atoms with E-state index in [1.165, 1.54) is 168 Å². The molecule has 10 aromatic rings. The standard InChI is InChI=1S/C82H80N2/c1-15-51-19-29-61-65-33-25-57(45-73(65)79(7,8)69(61)41-51)83(58-26-34-66-62-30-20-52(16-2)42-70(62)80(9,10)74(66)46-58)77-37-23-55(39-49(77)5)56-24-38-78(50(6)40-56)84(59-27-35-67-63-31-21-53(17-3)43-71(63)81(11,12)75(67)47-59)60-28-36-68-64-32-22-54(18-4)44-72(64)82(13,14)76(68)48-60/h19-48H,15-18H2,1-14H3. The van der Waals surface area contributed by atoms with E-state index in [-0.39, 0.29) is 21.7 Å². The van der Waals surface area contributed by atoms with Crippen molar-refractivity contribution in [2.75, 3.05) is 9.80 Å². The monoisotopic (exact) mass is 1090 g/mol. The van der Waals surface area contributed by atoms with Gasteiger partial charge in [0.15, 0.2) is 0 Å². The smallest absolute Gasteiger partial charge is 0.0491 e. The van der Waals surface area contributed by atoms with E-state index in [9.17, 15) is 0 Å². The van der Waals surface area contributed by atoms with Crippen LogP contribution in [0.5, 0.6) is 0 Å². The van der Waals surface area contributed by atoms with Crippen molar-refractivity contribution in [3.05, 3.63) is 260 Å². The molecule has 0 heterocycles. The lowest BCUT2D eigenvalue weighted by Gasteiger charge is -2.31. The molecule has 4 aliphatic carbocycles. The van der Waals surface area contributed by atoms with Crippen molar-refractivity contribution in [1.82, 2.24) is 0 Å². The van der Waals surface area contributed by atoms with Crippen LogP contribution in [0, 0.1) is 13.8 Å². The zero-order valence-corrected chi connectivity index (χ0v) is 52.0. The Morgan fingerprint density at radius 2 is 0.464 bits per heavy atom. The van der Waals surface area contributed by atoms with Crippen LogP contribution in [0.25, 0.3) is 55.6 Å². The lowest BCUT2D eigenvalue weighted by Crippen LogP contribution is -2.18. The predicted octanol–water partition coefficient (Wildman–Crippen LogP) is 22.4. The minimum absolute atomic E-state index is 0.141. The highest BCUT2D eigenvalue weighted by Crippen LogP contribution is 2.57. The first-order valence-electron chi connectivity index (χ1n) is 31.2. The van der Waals surface area contributed by atoms with Crippen LogP contribution in [-0.2, 0) is 47.3 Å². The molecule has 0 saturated heterocycles. The van der Waals surface area contributed by atoms with Crippen molar-refractivity contribution in [3.63, 3.8) is 0 Å². The summed E-state index contributed by atoms with van der Waals surface area (Å²) in [6.45, 7) is 33.0. The van der Waals surface area contributed by atoms with E-state index in [1.54, 1.807) is 0 Å². The Hall–Kier alpha value is -8.20. The average Bonchev–Trinajstić information content (AvgIpc) is 2.29. The molecule has 10 aromatic carbocycles. The van der Waals surface area contributed by atoms with Gasteiger partial charge in [-0.25, -0.2) is 0 Å². The molecule has 4 aliphatic rings. The molecule has 0 aliphatic heterocycles. The maximum atomic E-state index is 2.54. The fourth-order valence-corrected chi connectivity index (χ4v) is 15.6. The molecule has 2 heteroatoms. The molecule has 0 saturated carbocycles. The van der Waals surface area contributed by atoms with Crippen LogP contribution in [0.15, 0.2) is 182 Å². The molecule has 0 aromatic heterocycles. The normalized spacial score (nSPS) is 15.4. The Bertz CT molecular complexity index is 3890. The van der Waals surface area contributed by atoms with Crippen molar-refractivity contribution in [1.29, 1.82) is 0 Å². The number of hydrogen-bond acceptors (Lipinski definition) is 2. The van der Waals surface area contributed by atoms with Gasteiger partial charge in [-0.15, -0.1) is 0 Å². The second-order valence-corrected chi connectivity index (χ2v) is 27.0. The molecule has 0 fully saturated rings. The van der Waals surface area contributed by atoms with Gasteiger partial charge in [-0.2, -0.15) is 0 Å². The van der Waals surface area contributed by atoms with Crippen LogP contribution in [-0.4, -0.2) is 0 Å². The number of anilines is 6. The van der Waals surface area contributed by atoms with E-state index < -0.39 is 0 Å². The summed E-state index contributed by atoms with van der Waals surface area (Å²) < 4.78 is 0. The van der Waals surface area contributed by atoms with Crippen LogP contribution >= 0.6 is 0 Å². The minimum Gasteiger partial charge on any atom is -0.310 e.